The molecule has 1 heterocycles. The lowest BCUT2D eigenvalue weighted by molar-refractivity contribution is -0.123. The summed E-state index contributed by atoms with van der Waals surface area (Å²) in [5.41, 5.74) is 0.411. The number of carbonyl (C=O) groups is 2. The summed E-state index contributed by atoms with van der Waals surface area (Å²) in [7, 11) is 0. The van der Waals surface area contributed by atoms with E-state index in [0.29, 0.717) is 5.69 Å². The maximum Gasteiger partial charge on any atom is 0.240 e. The lowest BCUT2D eigenvalue weighted by Gasteiger charge is -2.34. The van der Waals surface area contributed by atoms with E-state index in [4.69, 9.17) is 69.6 Å². The molecule has 4 rings (SSSR count). The highest BCUT2D eigenvalue weighted by atomic mass is 35.5. The van der Waals surface area contributed by atoms with Crippen LogP contribution in [0.5, 0.6) is 0 Å². The summed E-state index contributed by atoms with van der Waals surface area (Å²) in [4.78, 5) is 24.8. The first-order valence-electron chi connectivity index (χ1n) is 7.38. The molecule has 0 N–H and O–H groups in total. The van der Waals surface area contributed by atoms with Crippen molar-refractivity contribution in [2.75, 3.05) is 11.2 Å². The number of imide groups is 1. The number of thioether (sulfide) groups is 1. The van der Waals surface area contributed by atoms with E-state index in [0.717, 1.165) is 9.80 Å². The number of carbonyl (C=O) groups excluding carboxylic acids is 2. The van der Waals surface area contributed by atoms with Crippen molar-refractivity contribution in [2.24, 2.45) is 11.8 Å². The molecule has 2 bridgehead atoms. The Morgan fingerprint density at radius 1 is 0.885 bits per heavy atom. The normalized spacial score (nSPS) is 37.7. The molecule has 1 saturated heterocycles. The average molecular weight is 492 g/mol. The maximum atomic E-state index is 13.1. The topological polar surface area (TPSA) is 37.4 Å². The largest absolute Gasteiger partial charge is 0.274 e. The Kier molecular flexibility index (Phi) is 4.39. The number of rotatable bonds is 2. The molecular weight excluding hydrogens is 483 g/mol. The molecule has 0 aromatic heterocycles. The predicted octanol–water partition coefficient (Wildman–Crippen LogP) is 5.36. The van der Waals surface area contributed by atoms with Crippen molar-refractivity contribution < 1.29 is 9.59 Å². The molecule has 4 atom stereocenters. The van der Waals surface area contributed by atoms with Crippen LogP contribution >= 0.6 is 81.4 Å². The predicted molar refractivity (Wildman–Crippen MR) is 108 cm³/mol. The molecule has 0 spiro atoms. The van der Waals surface area contributed by atoms with E-state index in [-0.39, 0.29) is 10.1 Å². The van der Waals surface area contributed by atoms with Gasteiger partial charge in [-0.2, -0.15) is 0 Å². The van der Waals surface area contributed by atoms with E-state index in [1.165, 1.54) is 0 Å². The lowest BCUT2D eigenvalue weighted by Crippen LogP contribution is -2.50. The standard InChI is InChI=1S/C16H9Cl6NO2S/c1-26-7-4-2-6(3-5-7)23-12(24)8-9(13(23)25)15(20)11(18)10(17)14(8,19)16(15,21)22/h2-5,8-9H,1H3/t8-,9+,14+,15-. The van der Waals surface area contributed by atoms with Gasteiger partial charge in [0.05, 0.1) is 27.6 Å². The first-order chi connectivity index (χ1) is 12.0. The van der Waals surface area contributed by atoms with Crippen LogP contribution in [0.3, 0.4) is 0 Å². The smallest absolute Gasteiger partial charge is 0.240 e. The molecule has 0 radical (unpaired) electrons. The Morgan fingerprint density at radius 3 is 1.69 bits per heavy atom. The average Bonchev–Trinajstić information content (AvgIpc) is 3.00. The molecule has 3 aliphatic rings. The van der Waals surface area contributed by atoms with Crippen molar-refractivity contribution in [3.63, 3.8) is 0 Å². The summed E-state index contributed by atoms with van der Waals surface area (Å²) in [6, 6.07) is 6.97. The maximum absolute atomic E-state index is 13.1. The molecule has 1 aromatic rings. The van der Waals surface area contributed by atoms with Crippen molar-refractivity contribution in [3.05, 3.63) is 34.3 Å². The molecule has 1 aromatic carbocycles. The summed E-state index contributed by atoms with van der Waals surface area (Å²) < 4.78 is -1.91. The monoisotopic (exact) mass is 489 g/mol. The van der Waals surface area contributed by atoms with Crippen LogP contribution in [0.15, 0.2) is 39.2 Å². The van der Waals surface area contributed by atoms with Crippen LogP contribution in [-0.2, 0) is 9.59 Å². The molecular formula is C16H9Cl6NO2S. The first-order valence-corrected chi connectivity index (χ1v) is 10.9. The quantitative estimate of drug-likeness (QED) is 0.317. The minimum Gasteiger partial charge on any atom is -0.274 e. The molecule has 138 valence electrons. The zero-order valence-electron chi connectivity index (χ0n) is 12.9. The molecule has 3 nitrogen and oxygen atoms in total. The Labute approximate surface area is 183 Å². The summed E-state index contributed by atoms with van der Waals surface area (Å²) >= 11 is 40.3. The third-order valence-electron chi connectivity index (χ3n) is 5.24. The molecule has 1 aliphatic heterocycles. The summed E-state index contributed by atoms with van der Waals surface area (Å²) in [6.07, 6.45) is 1.92. The van der Waals surface area contributed by atoms with Gasteiger partial charge in [-0.1, -0.05) is 46.4 Å². The Balaban J connectivity index is 1.86. The van der Waals surface area contributed by atoms with Gasteiger partial charge in [-0.25, -0.2) is 4.90 Å². The van der Waals surface area contributed by atoms with Crippen LogP contribution in [-0.4, -0.2) is 32.2 Å². The fourth-order valence-corrected chi connectivity index (χ4v) is 7.32. The summed E-state index contributed by atoms with van der Waals surface area (Å²) in [6.45, 7) is 0. The van der Waals surface area contributed by atoms with Gasteiger partial charge in [0.2, 0.25) is 11.8 Å². The van der Waals surface area contributed by atoms with Crippen molar-refractivity contribution in [3.8, 4) is 0 Å². The second-order valence-electron chi connectivity index (χ2n) is 6.29. The van der Waals surface area contributed by atoms with E-state index in [1.807, 2.05) is 18.4 Å². The van der Waals surface area contributed by atoms with Gasteiger partial charge in [0.25, 0.3) is 0 Å². The number of alkyl halides is 4. The number of amides is 2. The van der Waals surface area contributed by atoms with Crippen molar-refractivity contribution in [1.82, 2.24) is 0 Å². The van der Waals surface area contributed by atoms with Crippen molar-refractivity contribution >= 4 is 98.9 Å². The third-order valence-corrected chi connectivity index (χ3v) is 10.2. The highest BCUT2D eigenvalue weighted by Crippen LogP contribution is 2.77. The van der Waals surface area contributed by atoms with Gasteiger partial charge in [0, 0.05) is 4.90 Å². The van der Waals surface area contributed by atoms with E-state index < -0.39 is 37.7 Å². The van der Waals surface area contributed by atoms with Crippen molar-refractivity contribution in [2.45, 2.75) is 19.0 Å². The Morgan fingerprint density at radius 2 is 1.31 bits per heavy atom. The Hall–Kier alpha value is 0.190. The van der Waals surface area contributed by atoms with Gasteiger partial charge in [0.1, 0.15) is 9.75 Å². The third kappa shape index (κ3) is 1.93. The molecule has 1 saturated carbocycles. The molecule has 2 aliphatic carbocycles. The number of hydrogen-bond acceptors (Lipinski definition) is 3. The van der Waals surface area contributed by atoms with Gasteiger partial charge in [-0.15, -0.1) is 35.0 Å². The molecule has 2 fully saturated rings. The fourth-order valence-electron chi connectivity index (χ4n) is 3.98. The highest BCUT2D eigenvalue weighted by molar-refractivity contribution is 7.98. The van der Waals surface area contributed by atoms with Crippen LogP contribution in [0, 0.1) is 11.8 Å². The number of halogens is 6. The lowest BCUT2D eigenvalue weighted by atomic mass is 9.84. The van der Waals surface area contributed by atoms with E-state index in [2.05, 4.69) is 0 Å². The molecule has 2 amide bonds. The van der Waals surface area contributed by atoms with Crippen LogP contribution in [0.25, 0.3) is 0 Å². The van der Waals surface area contributed by atoms with Gasteiger partial charge in [-0.3, -0.25) is 9.59 Å². The number of anilines is 1. The fraction of sp³-hybridized carbons (Fsp3) is 0.375. The van der Waals surface area contributed by atoms with Gasteiger partial charge in [0.15, 0.2) is 4.33 Å². The van der Waals surface area contributed by atoms with Gasteiger partial charge in [-0.05, 0) is 30.5 Å². The van der Waals surface area contributed by atoms with Crippen LogP contribution in [0.4, 0.5) is 5.69 Å². The van der Waals surface area contributed by atoms with Crippen LogP contribution in [0.1, 0.15) is 0 Å². The molecule has 0 unspecified atom stereocenters. The zero-order chi connectivity index (χ0) is 19.2. The number of benzene rings is 1. The molecule has 26 heavy (non-hydrogen) atoms. The highest BCUT2D eigenvalue weighted by Gasteiger charge is 2.87. The van der Waals surface area contributed by atoms with Gasteiger partial charge < -0.3 is 0 Å². The molecule has 10 heteroatoms. The van der Waals surface area contributed by atoms with E-state index in [9.17, 15) is 9.59 Å². The van der Waals surface area contributed by atoms with Gasteiger partial charge >= 0.3 is 0 Å². The Bertz CT molecular complexity index is 841. The minimum absolute atomic E-state index is 0.0946. The second-order valence-corrected chi connectivity index (χ2v) is 10.4. The van der Waals surface area contributed by atoms with E-state index in [1.54, 1.807) is 23.9 Å². The van der Waals surface area contributed by atoms with E-state index >= 15 is 0 Å². The van der Waals surface area contributed by atoms with Crippen LogP contribution in [0.2, 0.25) is 0 Å². The summed E-state index contributed by atoms with van der Waals surface area (Å²) in [5.74, 6) is -3.33. The number of hydrogen-bond donors (Lipinski definition) is 0. The first kappa shape index (κ1) is 19.5. The second kappa shape index (κ2) is 5.85. The SMILES string of the molecule is CSc1ccc(N2C(=O)[C@@H]3[C@H](C2=O)[C@]2(Cl)C(Cl)=C(Cl)[C@@]3(Cl)C2(Cl)Cl)cc1. The zero-order valence-corrected chi connectivity index (χ0v) is 18.3. The summed E-state index contributed by atoms with van der Waals surface area (Å²) in [5, 5.41) is -0.189. The number of fused-ring (bicyclic) bond motifs is 5. The minimum atomic E-state index is -1.91. The van der Waals surface area contributed by atoms with Crippen molar-refractivity contribution in [1.29, 1.82) is 0 Å². The number of nitrogens with zero attached hydrogens (tertiary/aromatic N) is 1. The van der Waals surface area contributed by atoms with Crippen LogP contribution < -0.4 is 4.90 Å². The number of allylic oxidation sites excluding steroid dienone is 2.